The summed E-state index contributed by atoms with van der Waals surface area (Å²) in [5, 5.41) is 2.71. The van der Waals surface area contributed by atoms with Crippen LogP contribution in [-0.4, -0.2) is 18.2 Å². The molecule has 5 heteroatoms. The van der Waals surface area contributed by atoms with Crippen molar-refractivity contribution in [3.05, 3.63) is 35.4 Å². The Labute approximate surface area is 143 Å². The van der Waals surface area contributed by atoms with Crippen LogP contribution in [0, 0.1) is 11.6 Å². The minimum atomic E-state index is -0.596. The number of amides is 1. The minimum absolute atomic E-state index is 0.139. The number of halogens is 2. The highest BCUT2D eigenvalue weighted by Crippen LogP contribution is 2.24. The Kier molecular flexibility index (Phi) is 8.16. The van der Waals surface area contributed by atoms with Crippen LogP contribution < -0.4 is 5.32 Å². The molecule has 136 valence electrons. The van der Waals surface area contributed by atoms with Gasteiger partial charge in [-0.3, -0.25) is 0 Å². The van der Waals surface area contributed by atoms with Gasteiger partial charge in [-0.05, 0) is 44.9 Å². The van der Waals surface area contributed by atoms with Crippen LogP contribution in [0.15, 0.2) is 18.2 Å². The maximum absolute atomic E-state index is 13.5. The molecule has 1 aromatic rings. The van der Waals surface area contributed by atoms with E-state index < -0.39 is 23.3 Å². The zero-order valence-corrected chi connectivity index (χ0v) is 15.1. The SMILES string of the molecule is CCCCCCC(CNC(=O)OC(C)(C)C)c1cc(F)cc(F)c1. The van der Waals surface area contributed by atoms with Gasteiger partial charge in [0, 0.05) is 18.5 Å². The normalized spacial score (nSPS) is 12.8. The second-order valence-corrected chi connectivity index (χ2v) is 7.13. The summed E-state index contributed by atoms with van der Waals surface area (Å²) in [7, 11) is 0. The van der Waals surface area contributed by atoms with Crippen LogP contribution in [0.3, 0.4) is 0 Å². The molecule has 0 heterocycles. The molecule has 0 aliphatic rings. The lowest BCUT2D eigenvalue weighted by Gasteiger charge is -2.22. The smallest absolute Gasteiger partial charge is 0.407 e. The number of rotatable bonds is 8. The molecule has 24 heavy (non-hydrogen) atoms. The van der Waals surface area contributed by atoms with E-state index in [1.807, 2.05) is 0 Å². The molecule has 0 saturated carbocycles. The third kappa shape index (κ3) is 8.27. The molecule has 1 unspecified atom stereocenters. The summed E-state index contributed by atoms with van der Waals surface area (Å²) < 4.78 is 32.2. The first-order valence-electron chi connectivity index (χ1n) is 8.64. The van der Waals surface area contributed by atoms with Crippen LogP contribution in [0.5, 0.6) is 0 Å². The van der Waals surface area contributed by atoms with Crippen molar-refractivity contribution in [2.24, 2.45) is 0 Å². The van der Waals surface area contributed by atoms with Crippen LogP contribution in [0.4, 0.5) is 13.6 Å². The molecule has 1 N–H and O–H groups in total. The van der Waals surface area contributed by atoms with Gasteiger partial charge in [-0.2, -0.15) is 0 Å². The predicted octanol–water partition coefficient (Wildman–Crippen LogP) is 5.54. The molecule has 0 aliphatic carbocycles. The number of carbonyl (C=O) groups excluding carboxylic acids is 1. The Hall–Kier alpha value is -1.65. The van der Waals surface area contributed by atoms with Crippen molar-refractivity contribution >= 4 is 6.09 Å². The minimum Gasteiger partial charge on any atom is -0.444 e. The van der Waals surface area contributed by atoms with E-state index in [1.54, 1.807) is 20.8 Å². The number of ether oxygens (including phenoxy) is 1. The van der Waals surface area contributed by atoms with Gasteiger partial charge in [0.1, 0.15) is 17.2 Å². The van der Waals surface area contributed by atoms with E-state index in [4.69, 9.17) is 4.74 Å². The van der Waals surface area contributed by atoms with E-state index in [-0.39, 0.29) is 5.92 Å². The van der Waals surface area contributed by atoms with Crippen LogP contribution in [0.25, 0.3) is 0 Å². The lowest BCUT2D eigenvalue weighted by Crippen LogP contribution is -2.34. The van der Waals surface area contributed by atoms with E-state index >= 15 is 0 Å². The molecule has 0 radical (unpaired) electrons. The molecular weight excluding hydrogens is 312 g/mol. The molecule has 0 fully saturated rings. The number of benzene rings is 1. The number of hydrogen-bond donors (Lipinski definition) is 1. The quantitative estimate of drug-likeness (QED) is 0.630. The highest BCUT2D eigenvalue weighted by molar-refractivity contribution is 5.67. The molecule has 0 spiro atoms. The van der Waals surface area contributed by atoms with Gasteiger partial charge in [0.2, 0.25) is 0 Å². The summed E-state index contributed by atoms with van der Waals surface area (Å²) in [4.78, 5) is 11.8. The Morgan fingerprint density at radius 3 is 2.29 bits per heavy atom. The van der Waals surface area contributed by atoms with Crippen molar-refractivity contribution in [2.45, 2.75) is 71.3 Å². The molecule has 1 atom stereocenters. The fraction of sp³-hybridized carbons (Fsp3) is 0.632. The molecule has 0 aliphatic heterocycles. The summed E-state index contributed by atoms with van der Waals surface area (Å²) >= 11 is 0. The molecule has 1 amide bonds. The van der Waals surface area contributed by atoms with Crippen LogP contribution >= 0.6 is 0 Å². The molecule has 0 bridgehead atoms. The highest BCUT2D eigenvalue weighted by atomic mass is 19.1. The Morgan fingerprint density at radius 1 is 1.12 bits per heavy atom. The van der Waals surface area contributed by atoms with Gasteiger partial charge >= 0.3 is 6.09 Å². The number of hydrogen-bond acceptors (Lipinski definition) is 2. The predicted molar refractivity (Wildman–Crippen MR) is 92.1 cm³/mol. The van der Waals surface area contributed by atoms with Crippen LogP contribution in [0.2, 0.25) is 0 Å². The Balaban J connectivity index is 2.72. The topological polar surface area (TPSA) is 38.3 Å². The zero-order chi connectivity index (χ0) is 18.2. The summed E-state index contributed by atoms with van der Waals surface area (Å²) in [6.45, 7) is 7.79. The number of nitrogens with one attached hydrogen (secondary N) is 1. The Morgan fingerprint density at radius 2 is 1.75 bits per heavy atom. The van der Waals surface area contributed by atoms with Crippen molar-refractivity contribution < 1.29 is 18.3 Å². The van der Waals surface area contributed by atoms with Crippen molar-refractivity contribution in [1.82, 2.24) is 5.32 Å². The maximum atomic E-state index is 13.5. The van der Waals surface area contributed by atoms with E-state index in [0.717, 1.165) is 38.2 Å². The Bertz CT molecular complexity index is 506. The largest absolute Gasteiger partial charge is 0.444 e. The lowest BCUT2D eigenvalue weighted by molar-refractivity contribution is 0.0524. The summed E-state index contributed by atoms with van der Waals surface area (Å²) in [5.41, 5.74) is -0.00821. The van der Waals surface area contributed by atoms with Crippen molar-refractivity contribution in [2.75, 3.05) is 6.54 Å². The average Bonchev–Trinajstić information content (AvgIpc) is 2.43. The van der Waals surface area contributed by atoms with E-state index in [9.17, 15) is 13.6 Å². The highest BCUT2D eigenvalue weighted by Gasteiger charge is 2.19. The second kappa shape index (κ2) is 9.60. The standard InChI is InChI=1S/C19H29F2NO2/c1-5-6-7-8-9-14(13-22-18(23)24-19(2,3)4)15-10-16(20)12-17(21)11-15/h10-12,14H,5-9,13H2,1-4H3,(H,22,23). The number of carbonyl (C=O) groups is 1. The fourth-order valence-electron chi connectivity index (χ4n) is 2.54. The third-order valence-corrected chi connectivity index (χ3v) is 3.65. The summed E-state index contributed by atoms with van der Waals surface area (Å²) in [6.07, 6.45) is 4.51. The van der Waals surface area contributed by atoms with Gasteiger partial charge in [0.05, 0.1) is 0 Å². The third-order valence-electron chi connectivity index (χ3n) is 3.65. The average molecular weight is 341 g/mol. The van der Waals surface area contributed by atoms with Gasteiger partial charge in [0.25, 0.3) is 0 Å². The molecule has 1 aromatic carbocycles. The molecular formula is C19H29F2NO2. The van der Waals surface area contributed by atoms with Crippen LogP contribution in [0.1, 0.15) is 71.3 Å². The first-order valence-corrected chi connectivity index (χ1v) is 8.64. The summed E-state index contributed by atoms with van der Waals surface area (Å²) in [6, 6.07) is 3.54. The van der Waals surface area contributed by atoms with Crippen molar-refractivity contribution in [1.29, 1.82) is 0 Å². The second-order valence-electron chi connectivity index (χ2n) is 7.13. The molecule has 0 aromatic heterocycles. The van der Waals surface area contributed by atoms with E-state index in [2.05, 4.69) is 12.2 Å². The van der Waals surface area contributed by atoms with Gasteiger partial charge in [0.15, 0.2) is 0 Å². The monoisotopic (exact) mass is 341 g/mol. The number of unbranched alkanes of at least 4 members (excludes halogenated alkanes) is 3. The lowest BCUT2D eigenvalue weighted by atomic mass is 9.92. The first kappa shape index (κ1) is 20.4. The van der Waals surface area contributed by atoms with Gasteiger partial charge in [-0.1, -0.05) is 32.6 Å². The van der Waals surface area contributed by atoms with Gasteiger partial charge in [-0.15, -0.1) is 0 Å². The first-order chi connectivity index (χ1) is 11.2. The molecule has 0 saturated heterocycles. The number of alkyl carbamates (subject to hydrolysis) is 1. The summed E-state index contributed by atoms with van der Waals surface area (Å²) in [5.74, 6) is -1.33. The zero-order valence-electron chi connectivity index (χ0n) is 15.1. The van der Waals surface area contributed by atoms with Crippen molar-refractivity contribution in [3.8, 4) is 0 Å². The maximum Gasteiger partial charge on any atom is 0.407 e. The van der Waals surface area contributed by atoms with E-state index in [0.29, 0.717) is 12.1 Å². The fourth-order valence-corrected chi connectivity index (χ4v) is 2.54. The molecule has 3 nitrogen and oxygen atoms in total. The van der Waals surface area contributed by atoms with E-state index in [1.165, 1.54) is 12.1 Å². The molecule has 1 rings (SSSR count). The van der Waals surface area contributed by atoms with Gasteiger partial charge < -0.3 is 10.1 Å². The van der Waals surface area contributed by atoms with Gasteiger partial charge in [-0.25, -0.2) is 13.6 Å². The van der Waals surface area contributed by atoms with Crippen molar-refractivity contribution in [3.63, 3.8) is 0 Å². The van der Waals surface area contributed by atoms with Crippen LogP contribution in [-0.2, 0) is 4.74 Å².